The Morgan fingerprint density at radius 3 is 2.14 bits per heavy atom. The van der Waals surface area contributed by atoms with Gasteiger partial charge >= 0.3 is 5.97 Å². The number of allylic oxidation sites excluding steroid dienone is 2. The molecule has 0 saturated carbocycles. The first kappa shape index (κ1) is 12.6. The van der Waals surface area contributed by atoms with Gasteiger partial charge in [0, 0.05) is 6.08 Å². The normalized spacial score (nSPS) is 10.7. The van der Waals surface area contributed by atoms with E-state index in [4.69, 9.17) is 4.74 Å². The summed E-state index contributed by atoms with van der Waals surface area (Å²) in [5.41, 5.74) is 1.50. The van der Waals surface area contributed by atoms with Crippen molar-refractivity contribution in [2.24, 2.45) is 0 Å². The molecule has 0 aromatic carbocycles. The fraction of sp³-hybridized carbons (Fsp3) is 0.455. The lowest BCUT2D eigenvalue weighted by atomic mass is 10.2. The molecule has 0 fully saturated rings. The zero-order chi connectivity index (χ0) is 11.1. The van der Waals surface area contributed by atoms with E-state index in [1.807, 2.05) is 13.8 Å². The number of Topliss-reactive ketones (excluding diaryl/α,β-unsaturated/α-hetero) is 1. The van der Waals surface area contributed by atoms with Crippen LogP contribution in [-0.2, 0) is 14.3 Å². The van der Waals surface area contributed by atoms with Gasteiger partial charge in [0.05, 0.1) is 0 Å². The van der Waals surface area contributed by atoms with Gasteiger partial charge in [-0.2, -0.15) is 0 Å². The maximum Gasteiger partial charge on any atom is 0.331 e. The molecule has 0 aromatic heterocycles. The summed E-state index contributed by atoms with van der Waals surface area (Å²) in [5, 5.41) is 0. The highest BCUT2D eigenvalue weighted by atomic mass is 16.5. The molecule has 0 rings (SSSR count). The second kappa shape index (κ2) is 6.13. The van der Waals surface area contributed by atoms with Gasteiger partial charge in [-0.1, -0.05) is 5.57 Å². The van der Waals surface area contributed by atoms with Gasteiger partial charge in [-0.05, 0) is 39.3 Å². The zero-order valence-electron chi connectivity index (χ0n) is 9.09. The standard InChI is InChI=1S/C11H16O3/c1-8(2)5-6-14-11(13)7-9(3)10(4)12/h5,7H,6H2,1-4H3/b9-7-. The maximum absolute atomic E-state index is 11.1. The van der Waals surface area contributed by atoms with Gasteiger partial charge in [-0.3, -0.25) is 4.79 Å². The number of esters is 1. The number of ether oxygens (including phenoxy) is 1. The summed E-state index contributed by atoms with van der Waals surface area (Å²) < 4.78 is 4.83. The van der Waals surface area contributed by atoms with Gasteiger partial charge in [-0.25, -0.2) is 4.79 Å². The van der Waals surface area contributed by atoms with E-state index in [9.17, 15) is 9.59 Å². The average molecular weight is 196 g/mol. The molecule has 0 aliphatic rings. The number of hydrogen-bond donors (Lipinski definition) is 0. The molecular formula is C11H16O3. The Morgan fingerprint density at radius 2 is 1.71 bits per heavy atom. The molecule has 3 nitrogen and oxygen atoms in total. The Balaban J connectivity index is 4.06. The van der Waals surface area contributed by atoms with Gasteiger partial charge in [0.2, 0.25) is 0 Å². The first-order chi connectivity index (χ1) is 6.43. The molecule has 14 heavy (non-hydrogen) atoms. The van der Waals surface area contributed by atoms with Crippen molar-refractivity contribution < 1.29 is 14.3 Å². The Kier molecular flexibility index (Phi) is 5.53. The zero-order valence-corrected chi connectivity index (χ0v) is 9.09. The predicted octanol–water partition coefficient (Wildman–Crippen LogP) is 2.03. The van der Waals surface area contributed by atoms with Crippen molar-refractivity contribution in [3.63, 3.8) is 0 Å². The second-order valence-corrected chi connectivity index (χ2v) is 3.30. The van der Waals surface area contributed by atoms with Crippen molar-refractivity contribution in [2.75, 3.05) is 6.61 Å². The van der Waals surface area contributed by atoms with Crippen LogP contribution in [0.4, 0.5) is 0 Å². The van der Waals surface area contributed by atoms with Crippen LogP contribution in [0.1, 0.15) is 27.7 Å². The van der Waals surface area contributed by atoms with Crippen LogP contribution < -0.4 is 0 Å². The number of ketones is 1. The molecule has 0 heterocycles. The molecule has 0 saturated heterocycles. The number of rotatable bonds is 4. The first-order valence-corrected chi connectivity index (χ1v) is 4.43. The molecule has 0 radical (unpaired) electrons. The van der Waals surface area contributed by atoms with E-state index in [1.165, 1.54) is 13.0 Å². The molecule has 0 aromatic rings. The summed E-state index contributed by atoms with van der Waals surface area (Å²) in [6.07, 6.45) is 3.01. The SMILES string of the molecule is CC(=O)/C(C)=C\C(=O)OCC=C(C)C. The van der Waals surface area contributed by atoms with Gasteiger partial charge < -0.3 is 4.74 Å². The van der Waals surface area contributed by atoms with Gasteiger partial charge in [0.15, 0.2) is 5.78 Å². The molecule has 0 spiro atoms. The predicted molar refractivity (Wildman–Crippen MR) is 54.8 cm³/mol. The summed E-state index contributed by atoms with van der Waals surface area (Å²) in [7, 11) is 0. The summed E-state index contributed by atoms with van der Waals surface area (Å²) in [6, 6.07) is 0. The lowest BCUT2D eigenvalue weighted by Gasteiger charge is -1.98. The summed E-state index contributed by atoms with van der Waals surface area (Å²) >= 11 is 0. The van der Waals surface area contributed by atoms with Crippen LogP contribution in [0.25, 0.3) is 0 Å². The van der Waals surface area contributed by atoms with Crippen LogP contribution in [0, 0.1) is 0 Å². The molecular weight excluding hydrogens is 180 g/mol. The quantitative estimate of drug-likeness (QED) is 0.392. The van der Waals surface area contributed by atoms with Crippen molar-refractivity contribution in [2.45, 2.75) is 27.7 Å². The molecule has 0 atom stereocenters. The summed E-state index contributed by atoms with van der Waals surface area (Å²) in [5.74, 6) is -0.598. The van der Waals surface area contributed by atoms with Crippen molar-refractivity contribution in [1.29, 1.82) is 0 Å². The van der Waals surface area contributed by atoms with E-state index < -0.39 is 5.97 Å². The Labute approximate surface area is 84.4 Å². The molecule has 0 amide bonds. The third kappa shape index (κ3) is 6.17. The first-order valence-electron chi connectivity index (χ1n) is 4.43. The van der Waals surface area contributed by atoms with E-state index in [2.05, 4.69) is 0 Å². The molecule has 0 unspecified atom stereocenters. The fourth-order valence-electron chi connectivity index (χ4n) is 0.611. The number of hydrogen-bond acceptors (Lipinski definition) is 3. The minimum absolute atomic E-state index is 0.121. The third-order valence-corrected chi connectivity index (χ3v) is 1.61. The minimum Gasteiger partial charge on any atom is -0.458 e. The van der Waals surface area contributed by atoms with E-state index in [0.29, 0.717) is 5.57 Å². The van der Waals surface area contributed by atoms with Gasteiger partial charge in [-0.15, -0.1) is 0 Å². The molecule has 0 aliphatic heterocycles. The number of carbonyl (C=O) groups excluding carboxylic acids is 2. The molecule has 0 N–H and O–H groups in total. The average Bonchev–Trinajstić information content (AvgIpc) is 2.02. The van der Waals surface area contributed by atoms with E-state index >= 15 is 0 Å². The van der Waals surface area contributed by atoms with Crippen LogP contribution in [-0.4, -0.2) is 18.4 Å². The smallest absolute Gasteiger partial charge is 0.331 e. The van der Waals surface area contributed by atoms with Crippen molar-refractivity contribution >= 4 is 11.8 Å². The Hall–Kier alpha value is -1.38. The molecule has 3 heteroatoms. The summed E-state index contributed by atoms with van der Waals surface area (Å²) in [6.45, 7) is 7.09. The second-order valence-electron chi connectivity index (χ2n) is 3.30. The highest BCUT2D eigenvalue weighted by molar-refractivity contribution is 5.98. The number of carbonyl (C=O) groups is 2. The van der Waals surface area contributed by atoms with E-state index in [0.717, 1.165) is 5.57 Å². The Bertz CT molecular complexity index is 281. The highest BCUT2D eigenvalue weighted by Crippen LogP contribution is 1.96. The lowest BCUT2D eigenvalue weighted by Crippen LogP contribution is -2.04. The molecule has 0 aliphatic carbocycles. The maximum atomic E-state index is 11.1. The monoisotopic (exact) mass is 196 g/mol. The topological polar surface area (TPSA) is 43.4 Å². The van der Waals surface area contributed by atoms with E-state index in [1.54, 1.807) is 13.0 Å². The third-order valence-electron chi connectivity index (χ3n) is 1.61. The van der Waals surface area contributed by atoms with Crippen LogP contribution in [0.15, 0.2) is 23.3 Å². The van der Waals surface area contributed by atoms with Crippen molar-refractivity contribution in [3.05, 3.63) is 23.3 Å². The van der Waals surface area contributed by atoms with Gasteiger partial charge in [0.25, 0.3) is 0 Å². The van der Waals surface area contributed by atoms with Crippen molar-refractivity contribution in [1.82, 2.24) is 0 Å². The van der Waals surface area contributed by atoms with Gasteiger partial charge in [0.1, 0.15) is 6.61 Å². The molecule has 0 bridgehead atoms. The van der Waals surface area contributed by atoms with Crippen molar-refractivity contribution in [3.8, 4) is 0 Å². The van der Waals surface area contributed by atoms with E-state index in [-0.39, 0.29) is 12.4 Å². The largest absolute Gasteiger partial charge is 0.458 e. The van der Waals surface area contributed by atoms with Crippen LogP contribution in [0.5, 0.6) is 0 Å². The molecule has 78 valence electrons. The fourth-order valence-corrected chi connectivity index (χ4v) is 0.611. The lowest BCUT2D eigenvalue weighted by molar-refractivity contribution is -0.136. The van der Waals surface area contributed by atoms with Crippen LogP contribution >= 0.6 is 0 Å². The Morgan fingerprint density at radius 1 is 1.14 bits per heavy atom. The minimum atomic E-state index is -0.477. The summed E-state index contributed by atoms with van der Waals surface area (Å²) in [4.78, 5) is 21.8. The highest BCUT2D eigenvalue weighted by Gasteiger charge is 2.01. The van der Waals surface area contributed by atoms with Crippen LogP contribution in [0.3, 0.4) is 0 Å². The van der Waals surface area contributed by atoms with Crippen LogP contribution in [0.2, 0.25) is 0 Å².